The number of benzene rings is 1. The Morgan fingerprint density at radius 1 is 1.28 bits per heavy atom. The minimum absolute atomic E-state index is 0.279. The molecule has 1 unspecified atom stereocenters. The first kappa shape index (κ1) is 12.6. The van der Waals surface area contributed by atoms with Gasteiger partial charge >= 0.3 is 0 Å². The molecule has 0 saturated carbocycles. The number of ether oxygens (including phenoxy) is 1. The highest BCUT2D eigenvalue weighted by molar-refractivity contribution is 5.32. The third kappa shape index (κ3) is 3.60. The van der Waals surface area contributed by atoms with E-state index in [1.54, 1.807) is 12.5 Å². The van der Waals surface area contributed by atoms with Crippen molar-refractivity contribution in [2.45, 2.75) is 26.5 Å². The number of imidazole rings is 1. The maximum absolute atomic E-state index is 9.85. The molecule has 1 atom stereocenters. The minimum atomic E-state index is -0.542. The van der Waals surface area contributed by atoms with E-state index in [4.69, 9.17) is 4.74 Å². The van der Waals surface area contributed by atoms with Gasteiger partial charge in [-0.2, -0.15) is 0 Å². The summed E-state index contributed by atoms with van der Waals surface area (Å²) in [5, 5.41) is 9.85. The zero-order valence-electron chi connectivity index (χ0n) is 10.7. The van der Waals surface area contributed by atoms with Crippen molar-refractivity contribution in [3.8, 4) is 5.75 Å². The van der Waals surface area contributed by atoms with E-state index in [0.29, 0.717) is 6.54 Å². The molecule has 18 heavy (non-hydrogen) atoms. The molecule has 0 fully saturated rings. The summed E-state index contributed by atoms with van der Waals surface area (Å²) in [7, 11) is 0. The highest BCUT2D eigenvalue weighted by Gasteiger charge is 2.06. The van der Waals surface area contributed by atoms with Crippen molar-refractivity contribution >= 4 is 0 Å². The van der Waals surface area contributed by atoms with Gasteiger partial charge in [-0.1, -0.05) is 6.07 Å². The van der Waals surface area contributed by atoms with E-state index in [1.807, 2.05) is 36.7 Å². The molecule has 0 aliphatic heterocycles. The fourth-order valence-electron chi connectivity index (χ4n) is 1.90. The monoisotopic (exact) mass is 246 g/mol. The predicted molar refractivity (Wildman–Crippen MR) is 69.6 cm³/mol. The lowest BCUT2D eigenvalue weighted by atomic mass is 10.1. The maximum Gasteiger partial charge on any atom is 0.119 e. The van der Waals surface area contributed by atoms with Gasteiger partial charge in [0.15, 0.2) is 0 Å². The number of hydrogen-bond donors (Lipinski definition) is 1. The van der Waals surface area contributed by atoms with Crippen molar-refractivity contribution in [2.75, 3.05) is 6.61 Å². The topological polar surface area (TPSA) is 47.3 Å². The van der Waals surface area contributed by atoms with Crippen LogP contribution in [0.5, 0.6) is 5.75 Å². The Kier molecular flexibility index (Phi) is 3.99. The van der Waals surface area contributed by atoms with E-state index in [9.17, 15) is 5.11 Å². The fraction of sp³-hybridized carbons (Fsp3) is 0.357. The molecule has 4 nitrogen and oxygen atoms in total. The Balaban J connectivity index is 1.87. The van der Waals surface area contributed by atoms with E-state index in [0.717, 1.165) is 16.9 Å². The average Bonchev–Trinajstić information content (AvgIpc) is 2.78. The van der Waals surface area contributed by atoms with Gasteiger partial charge in [0, 0.05) is 12.4 Å². The standard InChI is InChI=1S/C14H18N2O2/c1-11-5-12(2)7-14(6-11)18-9-13(17)8-16-4-3-15-10-16/h3-7,10,13,17H,8-9H2,1-2H3. The van der Waals surface area contributed by atoms with Gasteiger partial charge in [0.25, 0.3) is 0 Å². The minimum Gasteiger partial charge on any atom is -0.491 e. The predicted octanol–water partition coefficient (Wildman–Crippen LogP) is 1.94. The van der Waals surface area contributed by atoms with E-state index in [1.165, 1.54) is 0 Å². The van der Waals surface area contributed by atoms with Gasteiger partial charge in [-0.05, 0) is 37.1 Å². The third-order valence-electron chi connectivity index (χ3n) is 2.62. The van der Waals surface area contributed by atoms with Crippen LogP contribution in [0.4, 0.5) is 0 Å². The second-order valence-corrected chi connectivity index (χ2v) is 4.55. The summed E-state index contributed by atoms with van der Waals surface area (Å²) in [4.78, 5) is 3.93. The van der Waals surface area contributed by atoms with Crippen molar-refractivity contribution in [1.29, 1.82) is 0 Å². The molecule has 2 rings (SSSR count). The van der Waals surface area contributed by atoms with Gasteiger partial charge in [-0.25, -0.2) is 4.98 Å². The SMILES string of the molecule is Cc1cc(C)cc(OCC(O)Cn2ccnc2)c1. The average molecular weight is 246 g/mol. The molecule has 1 aromatic heterocycles. The van der Waals surface area contributed by atoms with Crippen LogP contribution in [-0.4, -0.2) is 27.4 Å². The quantitative estimate of drug-likeness (QED) is 0.877. The smallest absolute Gasteiger partial charge is 0.119 e. The van der Waals surface area contributed by atoms with Crippen LogP contribution in [0.2, 0.25) is 0 Å². The molecule has 4 heteroatoms. The molecular formula is C14H18N2O2. The molecule has 0 aliphatic rings. The second-order valence-electron chi connectivity index (χ2n) is 4.55. The molecule has 0 bridgehead atoms. The summed E-state index contributed by atoms with van der Waals surface area (Å²) >= 11 is 0. The van der Waals surface area contributed by atoms with Crippen LogP contribution in [0, 0.1) is 13.8 Å². The Labute approximate surface area is 107 Å². The molecule has 1 N–H and O–H groups in total. The first-order valence-corrected chi connectivity index (χ1v) is 5.98. The van der Waals surface area contributed by atoms with Crippen LogP contribution in [0.25, 0.3) is 0 Å². The van der Waals surface area contributed by atoms with Crippen LogP contribution >= 0.6 is 0 Å². The van der Waals surface area contributed by atoms with Crippen LogP contribution < -0.4 is 4.74 Å². The number of rotatable bonds is 5. The normalized spacial score (nSPS) is 12.4. The van der Waals surface area contributed by atoms with Gasteiger partial charge in [0.1, 0.15) is 18.5 Å². The molecule has 96 valence electrons. The van der Waals surface area contributed by atoms with Crippen molar-refractivity contribution < 1.29 is 9.84 Å². The number of aliphatic hydroxyl groups is 1. The van der Waals surface area contributed by atoms with Gasteiger partial charge in [-0.3, -0.25) is 0 Å². The summed E-state index contributed by atoms with van der Waals surface area (Å²) in [5.41, 5.74) is 2.32. The highest BCUT2D eigenvalue weighted by Crippen LogP contribution is 2.16. The summed E-state index contributed by atoms with van der Waals surface area (Å²) in [6.45, 7) is 4.83. The maximum atomic E-state index is 9.85. The molecule has 0 aliphatic carbocycles. The van der Waals surface area contributed by atoms with E-state index in [-0.39, 0.29) is 6.61 Å². The van der Waals surface area contributed by atoms with Gasteiger partial charge in [0.05, 0.1) is 12.9 Å². The lowest BCUT2D eigenvalue weighted by Crippen LogP contribution is -2.23. The van der Waals surface area contributed by atoms with Crippen molar-refractivity contribution in [3.63, 3.8) is 0 Å². The molecule has 0 saturated heterocycles. The second kappa shape index (κ2) is 5.69. The Morgan fingerprint density at radius 2 is 2.00 bits per heavy atom. The Hall–Kier alpha value is -1.81. The summed E-state index contributed by atoms with van der Waals surface area (Å²) < 4.78 is 7.42. The summed E-state index contributed by atoms with van der Waals surface area (Å²) in [6.07, 6.45) is 4.65. The molecule has 2 aromatic rings. The van der Waals surface area contributed by atoms with Gasteiger partial charge < -0.3 is 14.4 Å². The molecule has 0 amide bonds. The zero-order chi connectivity index (χ0) is 13.0. The number of aromatic nitrogens is 2. The molecule has 1 aromatic carbocycles. The number of aryl methyl sites for hydroxylation is 2. The lowest BCUT2D eigenvalue weighted by Gasteiger charge is -2.13. The highest BCUT2D eigenvalue weighted by atomic mass is 16.5. The fourth-order valence-corrected chi connectivity index (χ4v) is 1.90. The van der Waals surface area contributed by atoms with Crippen molar-refractivity contribution in [3.05, 3.63) is 48.0 Å². The van der Waals surface area contributed by atoms with Crippen LogP contribution in [0.15, 0.2) is 36.9 Å². The molecule has 1 heterocycles. The zero-order valence-corrected chi connectivity index (χ0v) is 10.7. The summed E-state index contributed by atoms with van der Waals surface area (Å²) in [5.74, 6) is 0.803. The number of nitrogens with zero attached hydrogens (tertiary/aromatic N) is 2. The Morgan fingerprint density at radius 3 is 2.61 bits per heavy atom. The van der Waals surface area contributed by atoms with Gasteiger partial charge in [0.2, 0.25) is 0 Å². The summed E-state index contributed by atoms with van der Waals surface area (Å²) in [6, 6.07) is 6.03. The van der Waals surface area contributed by atoms with E-state index >= 15 is 0 Å². The van der Waals surface area contributed by atoms with E-state index < -0.39 is 6.10 Å². The third-order valence-corrected chi connectivity index (χ3v) is 2.62. The largest absolute Gasteiger partial charge is 0.491 e. The number of hydrogen-bond acceptors (Lipinski definition) is 3. The van der Waals surface area contributed by atoms with Crippen molar-refractivity contribution in [2.24, 2.45) is 0 Å². The molecular weight excluding hydrogens is 228 g/mol. The first-order chi connectivity index (χ1) is 8.63. The van der Waals surface area contributed by atoms with E-state index in [2.05, 4.69) is 11.1 Å². The first-order valence-electron chi connectivity index (χ1n) is 5.98. The van der Waals surface area contributed by atoms with Gasteiger partial charge in [-0.15, -0.1) is 0 Å². The lowest BCUT2D eigenvalue weighted by molar-refractivity contribution is 0.0924. The van der Waals surface area contributed by atoms with Crippen LogP contribution in [0.1, 0.15) is 11.1 Å². The molecule has 0 radical (unpaired) electrons. The van der Waals surface area contributed by atoms with Crippen LogP contribution in [-0.2, 0) is 6.54 Å². The van der Waals surface area contributed by atoms with Crippen molar-refractivity contribution in [1.82, 2.24) is 9.55 Å². The number of aliphatic hydroxyl groups excluding tert-OH is 1. The Bertz CT molecular complexity index is 474. The molecule has 0 spiro atoms. The van der Waals surface area contributed by atoms with Crippen LogP contribution in [0.3, 0.4) is 0 Å².